The molecule has 1 atom stereocenters. The second kappa shape index (κ2) is 6.08. The lowest BCUT2D eigenvalue weighted by molar-refractivity contribution is 0.407. The average Bonchev–Trinajstić information content (AvgIpc) is 2.42. The van der Waals surface area contributed by atoms with Gasteiger partial charge in [-0.25, -0.2) is 8.78 Å². The molecule has 2 aromatic carbocycles. The van der Waals surface area contributed by atoms with Gasteiger partial charge >= 0.3 is 0 Å². The van der Waals surface area contributed by atoms with Crippen molar-refractivity contribution in [3.8, 4) is 5.75 Å². The fourth-order valence-electron chi connectivity index (χ4n) is 1.89. The van der Waals surface area contributed by atoms with Crippen LogP contribution in [0.3, 0.4) is 0 Å². The number of methoxy groups -OCH3 is 1. The van der Waals surface area contributed by atoms with Gasteiger partial charge in [-0.1, -0.05) is 11.6 Å². The van der Waals surface area contributed by atoms with Gasteiger partial charge in [0.15, 0.2) is 0 Å². The van der Waals surface area contributed by atoms with E-state index in [1.54, 1.807) is 18.2 Å². The minimum Gasteiger partial charge on any atom is -0.496 e. The molecule has 0 aliphatic rings. The smallest absolute Gasteiger partial charge is 0.137 e. The summed E-state index contributed by atoms with van der Waals surface area (Å²) in [5.74, 6) is -0.727. The van der Waals surface area contributed by atoms with E-state index in [0.717, 1.165) is 12.1 Å². The van der Waals surface area contributed by atoms with Crippen LogP contribution in [0, 0.1) is 11.6 Å². The van der Waals surface area contributed by atoms with E-state index in [-0.39, 0.29) is 10.0 Å². The highest BCUT2D eigenvalue weighted by atomic mass is 79.9. The molecule has 2 rings (SSSR count). The summed E-state index contributed by atoms with van der Waals surface area (Å²) in [6.07, 6.45) is 0. The van der Waals surface area contributed by atoms with E-state index in [1.807, 2.05) is 0 Å². The standard InChI is InChI=1S/C14H11BrClF2NO/c1-20-13-3-2-7(16)4-9(13)14(19)8-5-12(18)10(15)6-11(8)17/h2-6,14H,19H2,1H3. The molecule has 0 spiro atoms. The Kier molecular flexibility index (Phi) is 4.62. The van der Waals surface area contributed by atoms with E-state index in [2.05, 4.69) is 15.9 Å². The van der Waals surface area contributed by atoms with Gasteiger partial charge in [-0.2, -0.15) is 0 Å². The predicted molar refractivity (Wildman–Crippen MR) is 78.1 cm³/mol. The number of hydrogen-bond donors (Lipinski definition) is 1. The first-order valence-corrected chi connectivity index (χ1v) is 6.84. The summed E-state index contributed by atoms with van der Waals surface area (Å²) in [4.78, 5) is 0. The van der Waals surface area contributed by atoms with Crippen molar-refractivity contribution >= 4 is 27.5 Å². The number of rotatable bonds is 3. The molecular formula is C14H11BrClF2NO. The second-order valence-corrected chi connectivity index (χ2v) is 5.44. The first-order valence-electron chi connectivity index (χ1n) is 5.67. The van der Waals surface area contributed by atoms with Crippen LogP contribution in [0.5, 0.6) is 5.75 Å². The van der Waals surface area contributed by atoms with Crippen LogP contribution in [-0.4, -0.2) is 7.11 Å². The molecule has 0 heterocycles. The maximum atomic E-state index is 14.0. The second-order valence-electron chi connectivity index (χ2n) is 4.15. The van der Waals surface area contributed by atoms with Crippen LogP contribution in [0.15, 0.2) is 34.8 Å². The van der Waals surface area contributed by atoms with Crippen LogP contribution in [-0.2, 0) is 0 Å². The van der Waals surface area contributed by atoms with Crippen LogP contribution >= 0.6 is 27.5 Å². The maximum absolute atomic E-state index is 14.0. The van der Waals surface area contributed by atoms with Crippen LogP contribution in [0.25, 0.3) is 0 Å². The summed E-state index contributed by atoms with van der Waals surface area (Å²) < 4.78 is 32.7. The number of ether oxygens (including phenoxy) is 1. The average molecular weight is 363 g/mol. The van der Waals surface area contributed by atoms with Gasteiger partial charge in [0.25, 0.3) is 0 Å². The number of halogens is 4. The van der Waals surface area contributed by atoms with Crippen molar-refractivity contribution in [1.82, 2.24) is 0 Å². The Morgan fingerprint density at radius 1 is 1.15 bits per heavy atom. The number of nitrogens with two attached hydrogens (primary N) is 1. The summed E-state index contributed by atoms with van der Waals surface area (Å²) in [6, 6.07) is 6.06. The molecule has 0 fully saturated rings. The Morgan fingerprint density at radius 3 is 2.50 bits per heavy atom. The molecule has 0 amide bonds. The zero-order valence-corrected chi connectivity index (χ0v) is 12.8. The van der Waals surface area contributed by atoms with Crippen molar-refractivity contribution in [1.29, 1.82) is 0 Å². The lowest BCUT2D eigenvalue weighted by Gasteiger charge is -2.17. The van der Waals surface area contributed by atoms with Gasteiger partial charge in [-0.3, -0.25) is 0 Å². The molecule has 0 radical (unpaired) electrons. The minimum absolute atomic E-state index is 0.0336. The summed E-state index contributed by atoms with van der Waals surface area (Å²) in [5, 5.41) is 0.439. The van der Waals surface area contributed by atoms with Crippen molar-refractivity contribution in [2.24, 2.45) is 5.73 Å². The third-order valence-electron chi connectivity index (χ3n) is 2.90. The van der Waals surface area contributed by atoms with Crippen LogP contribution in [0.2, 0.25) is 5.02 Å². The van der Waals surface area contributed by atoms with Gasteiger partial charge in [0.2, 0.25) is 0 Å². The highest BCUT2D eigenvalue weighted by molar-refractivity contribution is 9.10. The lowest BCUT2D eigenvalue weighted by Crippen LogP contribution is -2.15. The molecule has 2 nitrogen and oxygen atoms in total. The molecule has 0 saturated heterocycles. The summed E-state index contributed by atoms with van der Waals surface area (Å²) in [5.41, 5.74) is 6.54. The molecule has 0 aliphatic heterocycles. The fourth-order valence-corrected chi connectivity index (χ4v) is 2.39. The van der Waals surface area contributed by atoms with E-state index in [9.17, 15) is 8.78 Å². The predicted octanol–water partition coefficient (Wildman–Crippen LogP) is 4.44. The summed E-state index contributed by atoms with van der Waals surface area (Å²) in [6.45, 7) is 0. The minimum atomic E-state index is -0.883. The van der Waals surface area contributed by atoms with E-state index < -0.39 is 17.7 Å². The lowest BCUT2D eigenvalue weighted by atomic mass is 9.98. The molecule has 6 heteroatoms. The zero-order valence-electron chi connectivity index (χ0n) is 10.5. The Morgan fingerprint density at radius 2 is 1.85 bits per heavy atom. The van der Waals surface area contributed by atoms with E-state index in [4.69, 9.17) is 22.1 Å². The molecule has 2 aromatic rings. The Bertz CT molecular complexity index is 651. The molecule has 20 heavy (non-hydrogen) atoms. The summed E-state index contributed by atoms with van der Waals surface area (Å²) in [7, 11) is 1.47. The molecule has 0 aromatic heterocycles. The SMILES string of the molecule is COc1ccc(Cl)cc1C(N)c1cc(F)c(Br)cc1F. The van der Waals surface area contributed by atoms with Crippen molar-refractivity contribution in [2.75, 3.05) is 7.11 Å². The van der Waals surface area contributed by atoms with Gasteiger partial charge in [-0.15, -0.1) is 0 Å². The van der Waals surface area contributed by atoms with Crippen LogP contribution in [0.1, 0.15) is 17.2 Å². The Balaban J connectivity index is 2.54. The van der Waals surface area contributed by atoms with Gasteiger partial charge in [0.1, 0.15) is 17.4 Å². The van der Waals surface area contributed by atoms with Crippen molar-refractivity contribution < 1.29 is 13.5 Å². The summed E-state index contributed by atoms with van der Waals surface area (Å²) >= 11 is 8.84. The Hall–Kier alpha value is -1.17. The van der Waals surface area contributed by atoms with E-state index >= 15 is 0 Å². The first kappa shape index (κ1) is 15.2. The molecular weight excluding hydrogens is 352 g/mol. The maximum Gasteiger partial charge on any atom is 0.137 e. The van der Waals surface area contributed by atoms with Gasteiger partial charge in [0, 0.05) is 16.1 Å². The molecule has 106 valence electrons. The van der Waals surface area contributed by atoms with Gasteiger partial charge < -0.3 is 10.5 Å². The zero-order chi connectivity index (χ0) is 14.9. The van der Waals surface area contributed by atoms with Gasteiger partial charge in [0.05, 0.1) is 17.6 Å². The quantitative estimate of drug-likeness (QED) is 0.820. The van der Waals surface area contributed by atoms with Crippen LogP contribution in [0.4, 0.5) is 8.78 Å². The topological polar surface area (TPSA) is 35.2 Å². The van der Waals surface area contributed by atoms with Gasteiger partial charge in [-0.05, 0) is 46.3 Å². The third-order valence-corrected chi connectivity index (χ3v) is 3.74. The highest BCUT2D eigenvalue weighted by Crippen LogP contribution is 2.33. The number of hydrogen-bond acceptors (Lipinski definition) is 2. The largest absolute Gasteiger partial charge is 0.496 e. The molecule has 1 unspecified atom stereocenters. The van der Waals surface area contributed by atoms with E-state index in [1.165, 1.54) is 7.11 Å². The number of benzene rings is 2. The molecule has 0 aliphatic carbocycles. The normalized spacial score (nSPS) is 12.3. The monoisotopic (exact) mass is 361 g/mol. The van der Waals surface area contributed by atoms with Crippen molar-refractivity contribution in [3.63, 3.8) is 0 Å². The first-order chi connectivity index (χ1) is 9.43. The molecule has 0 bridgehead atoms. The van der Waals surface area contributed by atoms with Crippen molar-refractivity contribution in [2.45, 2.75) is 6.04 Å². The third kappa shape index (κ3) is 2.95. The molecule has 0 saturated carbocycles. The van der Waals surface area contributed by atoms with E-state index in [0.29, 0.717) is 16.3 Å². The highest BCUT2D eigenvalue weighted by Gasteiger charge is 2.20. The van der Waals surface area contributed by atoms with Crippen LogP contribution < -0.4 is 10.5 Å². The molecule has 2 N–H and O–H groups in total. The Labute approximate surface area is 128 Å². The van der Waals surface area contributed by atoms with Crippen molar-refractivity contribution in [3.05, 3.63) is 62.6 Å². The fraction of sp³-hybridized carbons (Fsp3) is 0.143.